The van der Waals surface area contributed by atoms with Crippen molar-refractivity contribution in [1.29, 1.82) is 0 Å². The molecule has 4 heteroatoms. The molecule has 2 aliphatic rings. The second kappa shape index (κ2) is 4.34. The van der Waals surface area contributed by atoms with Crippen LogP contribution in [0.3, 0.4) is 0 Å². The van der Waals surface area contributed by atoms with Crippen molar-refractivity contribution in [2.45, 2.75) is 45.2 Å². The van der Waals surface area contributed by atoms with Crippen molar-refractivity contribution in [2.24, 2.45) is 5.41 Å². The smallest absolute Gasteiger partial charge is 0.321 e. The third-order valence-electron chi connectivity index (χ3n) is 3.92. The van der Waals surface area contributed by atoms with Crippen LogP contribution < -0.4 is 0 Å². The van der Waals surface area contributed by atoms with E-state index in [0.29, 0.717) is 12.6 Å². The molecule has 2 heterocycles. The van der Waals surface area contributed by atoms with Crippen LogP contribution in [0.1, 0.15) is 33.1 Å². The Balaban J connectivity index is 2.17. The Hall–Kier alpha value is -0.610. The molecule has 0 bridgehead atoms. The van der Waals surface area contributed by atoms with Crippen molar-refractivity contribution in [3.8, 4) is 0 Å². The quantitative estimate of drug-likeness (QED) is 0.773. The summed E-state index contributed by atoms with van der Waals surface area (Å²) in [5.41, 5.74) is -0.132. The predicted molar refractivity (Wildman–Crippen MR) is 60.4 cm³/mol. The van der Waals surface area contributed by atoms with E-state index in [4.69, 9.17) is 4.74 Å². The molecule has 2 fully saturated rings. The lowest BCUT2D eigenvalue weighted by Crippen LogP contribution is -2.57. The molecule has 2 aliphatic heterocycles. The molecule has 2 atom stereocenters. The van der Waals surface area contributed by atoms with E-state index in [2.05, 4.69) is 18.7 Å². The highest BCUT2D eigenvalue weighted by molar-refractivity contribution is 5.74. The summed E-state index contributed by atoms with van der Waals surface area (Å²) in [4.78, 5) is 13.6. The molecule has 0 radical (unpaired) electrons. The first kappa shape index (κ1) is 11.9. The number of ether oxygens (including phenoxy) is 1. The number of piperidine rings is 1. The molecule has 4 nitrogen and oxygen atoms in total. The van der Waals surface area contributed by atoms with Crippen LogP contribution in [-0.4, -0.2) is 47.8 Å². The fourth-order valence-corrected chi connectivity index (χ4v) is 3.09. The van der Waals surface area contributed by atoms with Crippen LogP contribution in [0.5, 0.6) is 0 Å². The van der Waals surface area contributed by atoms with Crippen molar-refractivity contribution in [2.75, 3.05) is 19.8 Å². The standard InChI is InChI=1S/C12H21NO3/c1-12(2)5-3-6-13(10(12)11(14)15)9-4-7-16-8-9/h9-10H,3-8H2,1-2H3,(H,14,15). The van der Waals surface area contributed by atoms with Gasteiger partial charge in [0.25, 0.3) is 0 Å². The first-order valence-electron chi connectivity index (χ1n) is 6.09. The number of aliphatic carboxylic acids is 1. The van der Waals surface area contributed by atoms with E-state index in [1.807, 2.05) is 0 Å². The number of nitrogens with zero attached hydrogens (tertiary/aromatic N) is 1. The van der Waals surface area contributed by atoms with Gasteiger partial charge in [0.05, 0.1) is 6.61 Å². The molecule has 1 N–H and O–H groups in total. The number of rotatable bonds is 2. The van der Waals surface area contributed by atoms with Crippen LogP contribution >= 0.6 is 0 Å². The fourth-order valence-electron chi connectivity index (χ4n) is 3.09. The van der Waals surface area contributed by atoms with Crippen LogP contribution in [0.4, 0.5) is 0 Å². The average molecular weight is 227 g/mol. The van der Waals surface area contributed by atoms with E-state index in [-0.39, 0.29) is 11.5 Å². The zero-order valence-electron chi connectivity index (χ0n) is 10.1. The Labute approximate surface area is 96.6 Å². The topological polar surface area (TPSA) is 49.8 Å². The molecule has 0 aromatic heterocycles. The van der Waals surface area contributed by atoms with Gasteiger partial charge in [0.2, 0.25) is 0 Å². The van der Waals surface area contributed by atoms with Gasteiger partial charge in [0.15, 0.2) is 0 Å². The molecule has 0 amide bonds. The highest BCUT2D eigenvalue weighted by atomic mass is 16.5. The minimum absolute atomic E-state index is 0.132. The summed E-state index contributed by atoms with van der Waals surface area (Å²) in [6.07, 6.45) is 3.06. The number of carboxylic acids is 1. The van der Waals surface area contributed by atoms with Gasteiger partial charge in [-0.1, -0.05) is 13.8 Å². The summed E-state index contributed by atoms with van der Waals surface area (Å²) >= 11 is 0. The van der Waals surface area contributed by atoms with Crippen LogP contribution in [0.15, 0.2) is 0 Å². The van der Waals surface area contributed by atoms with Gasteiger partial charge in [-0.05, 0) is 31.2 Å². The lowest BCUT2D eigenvalue weighted by atomic mass is 9.75. The van der Waals surface area contributed by atoms with Crippen molar-refractivity contribution in [3.63, 3.8) is 0 Å². The minimum atomic E-state index is -0.684. The number of carbonyl (C=O) groups is 1. The van der Waals surface area contributed by atoms with Gasteiger partial charge < -0.3 is 9.84 Å². The normalized spacial score (nSPS) is 35.1. The second-order valence-corrected chi connectivity index (χ2v) is 5.59. The van der Waals surface area contributed by atoms with E-state index >= 15 is 0 Å². The Morgan fingerprint density at radius 2 is 2.25 bits per heavy atom. The molecule has 0 aliphatic carbocycles. The molecule has 92 valence electrons. The molecule has 2 saturated heterocycles. The largest absolute Gasteiger partial charge is 0.480 e. The van der Waals surface area contributed by atoms with Crippen LogP contribution in [-0.2, 0) is 9.53 Å². The maximum Gasteiger partial charge on any atom is 0.321 e. The maximum absolute atomic E-state index is 11.5. The highest BCUT2D eigenvalue weighted by Gasteiger charge is 2.45. The van der Waals surface area contributed by atoms with Crippen LogP contribution in [0.25, 0.3) is 0 Å². The van der Waals surface area contributed by atoms with E-state index in [9.17, 15) is 9.90 Å². The van der Waals surface area contributed by atoms with Gasteiger partial charge in [-0.15, -0.1) is 0 Å². The minimum Gasteiger partial charge on any atom is -0.480 e. The highest BCUT2D eigenvalue weighted by Crippen LogP contribution is 2.37. The lowest BCUT2D eigenvalue weighted by Gasteiger charge is -2.46. The fraction of sp³-hybridized carbons (Fsp3) is 0.917. The van der Waals surface area contributed by atoms with Crippen molar-refractivity contribution < 1.29 is 14.6 Å². The Kier molecular flexibility index (Phi) is 3.22. The van der Waals surface area contributed by atoms with Crippen LogP contribution in [0.2, 0.25) is 0 Å². The predicted octanol–water partition coefficient (Wildman–Crippen LogP) is 1.35. The SMILES string of the molecule is CC1(C)CCCN(C2CCOC2)C1C(=O)O. The van der Waals surface area contributed by atoms with E-state index in [0.717, 1.165) is 32.4 Å². The molecule has 0 spiro atoms. The van der Waals surface area contributed by atoms with Gasteiger partial charge in [-0.3, -0.25) is 9.69 Å². The van der Waals surface area contributed by atoms with Crippen molar-refractivity contribution >= 4 is 5.97 Å². The zero-order valence-corrected chi connectivity index (χ0v) is 10.1. The third kappa shape index (κ3) is 2.09. The Morgan fingerprint density at radius 3 is 2.81 bits per heavy atom. The van der Waals surface area contributed by atoms with Crippen molar-refractivity contribution in [3.05, 3.63) is 0 Å². The van der Waals surface area contributed by atoms with Gasteiger partial charge in [0.1, 0.15) is 6.04 Å². The molecule has 2 unspecified atom stereocenters. The maximum atomic E-state index is 11.5. The number of likely N-dealkylation sites (tertiary alicyclic amines) is 1. The number of hydrogen-bond acceptors (Lipinski definition) is 3. The van der Waals surface area contributed by atoms with E-state index in [1.54, 1.807) is 0 Å². The average Bonchev–Trinajstić information content (AvgIpc) is 2.67. The summed E-state index contributed by atoms with van der Waals surface area (Å²) in [5, 5.41) is 9.42. The Morgan fingerprint density at radius 1 is 1.50 bits per heavy atom. The molecule has 0 aromatic carbocycles. The number of carboxylic acid groups (broad SMARTS) is 1. The Bertz CT molecular complexity index is 271. The second-order valence-electron chi connectivity index (χ2n) is 5.59. The summed E-state index contributed by atoms with van der Waals surface area (Å²) in [6, 6.07) is -0.0476. The summed E-state index contributed by atoms with van der Waals surface area (Å²) in [6.45, 7) is 6.49. The molecule has 2 rings (SSSR count). The van der Waals surface area contributed by atoms with Gasteiger partial charge >= 0.3 is 5.97 Å². The van der Waals surface area contributed by atoms with Crippen LogP contribution in [0, 0.1) is 5.41 Å². The van der Waals surface area contributed by atoms with Gasteiger partial charge in [-0.25, -0.2) is 0 Å². The zero-order chi connectivity index (χ0) is 11.8. The first-order chi connectivity index (χ1) is 7.52. The molecule has 16 heavy (non-hydrogen) atoms. The lowest BCUT2D eigenvalue weighted by molar-refractivity contribution is -0.152. The van der Waals surface area contributed by atoms with E-state index in [1.165, 1.54) is 0 Å². The van der Waals surface area contributed by atoms with Crippen molar-refractivity contribution in [1.82, 2.24) is 4.90 Å². The molecule has 0 saturated carbocycles. The van der Waals surface area contributed by atoms with E-state index < -0.39 is 5.97 Å². The summed E-state index contributed by atoms with van der Waals surface area (Å²) in [7, 11) is 0. The third-order valence-corrected chi connectivity index (χ3v) is 3.92. The monoisotopic (exact) mass is 227 g/mol. The summed E-state index contributed by atoms with van der Waals surface area (Å²) < 4.78 is 5.37. The summed E-state index contributed by atoms with van der Waals surface area (Å²) in [5.74, 6) is -0.684. The first-order valence-corrected chi connectivity index (χ1v) is 6.09. The molecule has 0 aromatic rings. The van der Waals surface area contributed by atoms with Gasteiger partial charge in [0, 0.05) is 12.6 Å². The molecular formula is C12H21NO3. The molecular weight excluding hydrogens is 206 g/mol. The number of hydrogen-bond donors (Lipinski definition) is 1. The van der Waals surface area contributed by atoms with Gasteiger partial charge in [-0.2, -0.15) is 0 Å².